The zero-order valence-corrected chi connectivity index (χ0v) is 11.5. The second-order valence-corrected chi connectivity index (χ2v) is 5.20. The van der Waals surface area contributed by atoms with Crippen molar-refractivity contribution in [3.63, 3.8) is 0 Å². The molecule has 21 heavy (non-hydrogen) atoms. The standard InChI is InChI=1S/C15H16F3N3/c16-15(17,18)12-4-1-11(2-5-12)3-6-13-14-9-19-7-8-21(14)10-20-13/h1-2,4-5,10,19H,3,6-9H2. The Hall–Kier alpha value is -1.82. The molecule has 6 heteroatoms. The van der Waals surface area contributed by atoms with E-state index in [-0.39, 0.29) is 0 Å². The molecule has 1 aromatic carbocycles. The first-order valence-electron chi connectivity index (χ1n) is 6.94. The summed E-state index contributed by atoms with van der Waals surface area (Å²) in [5.41, 5.74) is 2.51. The second-order valence-electron chi connectivity index (χ2n) is 5.20. The van der Waals surface area contributed by atoms with Gasteiger partial charge in [-0.25, -0.2) is 4.98 Å². The molecule has 0 saturated carbocycles. The van der Waals surface area contributed by atoms with Crippen LogP contribution >= 0.6 is 0 Å². The van der Waals surface area contributed by atoms with Crippen molar-refractivity contribution < 1.29 is 13.2 Å². The molecule has 0 spiro atoms. The summed E-state index contributed by atoms with van der Waals surface area (Å²) in [6.07, 6.45) is -0.983. The average Bonchev–Trinajstić information content (AvgIpc) is 2.88. The van der Waals surface area contributed by atoms with E-state index >= 15 is 0 Å². The maximum absolute atomic E-state index is 12.5. The van der Waals surface area contributed by atoms with E-state index in [0.717, 1.165) is 49.4 Å². The largest absolute Gasteiger partial charge is 0.416 e. The van der Waals surface area contributed by atoms with Gasteiger partial charge >= 0.3 is 6.18 Å². The third kappa shape index (κ3) is 3.10. The van der Waals surface area contributed by atoms with Crippen molar-refractivity contribution in [2.45, 2.75) is 32.1 Å². The fraction of sp³-hybridized carbons (Fsp3) is 0.400. The van der Waals surface area contributed by atoms with Crippen molar-refractivity contribution in [1.29, 1.82) is 0 Å². The lowest BCUT2D eigenvalue weighted by molar-refractivity contribution is -0.137. The third-order valence-corrected chi connectivity index (χ3v) is 3.79. The van der Waals surface area contributed by atoms with Crippen LogP contribution in [0.1, 0.15) is 22.5 Å². The number of rotatable bonds is 3. The molecule has 2 heterocycles. The smallest absolute Gasteiger partial charge is 0.332 e. The van der Waals surface area contributed by atoms with Gasteiger partial charge in [-0.05, 0) is 30.5 Å². The van der Waals surface area contributed by atoms with Crippen LogP contribution in [0.15, 0.2) is 30.6 Å². The number of nitrogens with zero attached hydrogens (tertiary/aromatic N) is 2. The van der Waals surface area contributed by atoms with Crippen molar-refractivity contribution in [3.05, 3.63) is 53.1 Å². The van der Waals surface area contributed by atoms with E-state index in [1.165, 1.54) is 5.69 Å². The van der Waals surface area contributed by atoms with Gasteiger partial charge in [0.1, 0.15) is 0 Å². The Morgan fingerprint density at radius 2 is 1.90 bits per heavy atom. The van der Waals surface area contributed by atoms with Gasteiger partial charge in [0, 0.05) is 19.6 Å². The molecule has 0 atom stereocenters. The number of halogens is 3. The molecule has 3 nitrogen and oxygen atoms in total. The SMILES string of the molecule is FC(F)(F)c1ccc(CCc2ncn3c2CNCC3)cc1. The van der Waals surface area contributed by atoms with Crippen molar-refractivity contribution in [1.82, 2.24) is 14.9 Å². The summed E-state index contributed by atoms with van der Waals surface area (Å²) in [5, 5.41) is 3.30. The Morgan fingerprint density at radius 3 is 2.62 bits per heavy atom. The highest BCUT2D eigenvalue weighted by atomic mass is 19.4. The Labute approximate surface area is 120 Å². The lowest BCUT2D eigenvalue weighted by Crippen LogP contribution is -2.28. The molecule has 3 rings (SSSR count). The number of benzene rings is 1. The molecule has 1 N–H and O–H groups in total. The fourth-order valence-corrected chi connectivity index (χ4v) is 2.58. The summed E-state index contributed by atoms with van der Waals surface area (Å²) in [6.45, 7) is 2.67. The van der Waals surface area contributed by atoms with Gasteiger partial charge < -0.3 is 9.88 Å². The number of aryl methyl sites for hydroxylation is 2. The molecule has 0 saturated heterocycles. The highest BCUT2D eigenvalue weighted by Crippen LogP contribution is 2.29. The van der Waals surface area contributed by atoms with E-state index in [0.29, 0.717) is 6.42 Å². The van der Waals surface area contributed by atoms with Gasteiger partial charge in [0.2, 0.25) is 0 Å². The second kappa shape index (κ2) is 5.52. The summed E-state index contributed by atoms with van der Waals surface area (Å²) < 4.78 is 39.6. The average molecular weight is 295 g/mol. The van der Waals surface area contributed by atoms with E-state index in [1.807, 2.05) is 6.33 Å². The van der Waals surface area contributed by atoms with Crippen LogP contribution in [-0.2, 0) is 32.1 Å². The van der Waals surface area contributed by atoms with Gasteiger partial charge in [-0.3, -0.25) is 0 Å². The van der Waals surface area contributed by atoms with Crippen molar-refractivity contribution in [3.8, 4) is 0 Å². The Balaban J connectivity index is 1.66. The van der Waals surface area contributed by atoms with E-state index in [4.69, 9.17) is 0 Å². The van der Waals surface area contributed by atoms with Crippen molar-refractivity contribution in [2.24, 2.45) is 0 Å². The Morgan fingerprint density at radius 1 is 1.14 bits per heavy atom. The molecule has 0 radical (unpaired) electrons. The van der Waals surface area contributed by atoms with Gasteiger partial charge in [-0.2, -0.15) is 13.2 Å². The Kier molecular flexibility index (Phi) is 3.71. The van der Waals surface area contributed by atoms with E-state index in [2.05, 4.69) is 14.9 Å². The van der Waals surface area contributed by atoms with Gasteiger partial charge in [0.25, 0.3) is 0 Å². The minimum atomic E-state index is -4.27. The van der Waals surface area contributed by atoms with Gasteiger partial charge in [-0.15, -0.1) is 0 Å². The number of hydrogen-bond acceptors (Lipinski definition) is 2. The number of fused-ring (bicyclic) bond motifs is 1. The number of hydrogen-bond donors (Lipinski definition) is 1. The van der Waals surface area contributed by atoms with E-state index in [1.54, 1.807) is 12.1 Å². The monoisotopic (exact) mass is 295 g/mol. The first-order chi connectivity index (χ1) is 10.0. The molecular formula is C15H16F3N3. The molecule has 0 aliphatic carbocycles. The topological polar surface area (TPSA) is 29.9 Å². The molecule has 1 aliphatic rings. The Bertz CT molecular complexity index is 614. The van der Waals surface area contributed by atoms with Crippen LogP contribution in [0.25, 0.3) is 0 Å². The van der Waals surface area contributed by atoms with Crippen LogP contribution < -0.4 is 5.32 Å². The minimum absolute atomic E-state index is 0.602. The summed E-state index contributed by atoms with van der Waals surface area (Å²) in [5.74, 6) is 0. The van der Waals surface area contributed by atoms with Gasteiger partial charge in [-0.1, -0.05) is 12.1 Å². The van der Waals surface area contributed by atoms with Crippen LogP contribution in [0.3, 0.4) is 0 Å². The molecule has 112 valence electrons. The molecule has 0 fully saturated rings. The first-order valence-corrected chi connectivity index (χ1v) is 6.94. The summed E-state index contributed by atoms with van der Waals surface area (Å²) in [6, 6.07) is 5.37. The summed E-state index contributed by atoms with van der Waals surface area (Å²) in [7, 11) is 0. The number of nitrogens with one attached hydrogen (secondary N) is 1. The number of aromatic nitrogens is 2. The molecule has 1 aromatic heterocycles. The van der Waals surface area contributed by atoms with Gasteiger partial charge in [0.05, 0.1) is 23.3 Å². The lowest BCUT2D eigenvalue weighted by atomic mass is 10.0. The van der Waals surface area contributed by atoms with Crippen LogP contribution in [0.2, 0.25) is 0 Å². The summed E-state index contributed by atoms with van der Waals surface area (Å²) >= 11 is 0. The predicted octanol–water partition coefficient (Wildman–Crippen LogP) is 2.79. The van der Waals surface area contributed by atoms with E-state index in [9.17, 15) is 13.2 Å². The molecule has 0 bridgehead atoms. The van der Waals surface area contributed by atoms with E-state index < -0.39 is 11.7 Å². The maximum atomic E-state index is 12.5. The normalized spacial score (nSPS) is 15.0. The van der Waals surface area contributed by atoms with Gasteiger partial charge in [0.15, 0.2) is 0 Å². The molecule has 0 amide bonds. The van der Waals surface area contributed by atoms with Crippen LogP contribution in [0.5, 0.6) is 0 Å². The molecule has 2 aromatic rings. The number of imidazole rings is 1. The zero-order chi connectivity index (χ0) is 14.9. The highest BCUT2D eigenvalue weighted by molar-refractivity contribution is 5.26. The minimum Gasteiger partial charge on any atom is -0.332 e. The van der Waals surface area contributed by atoms with Crippen molar-refractivity contribution >= 4 is 0 Å². The van der Waals surface area contributed by atoms with Crippen LogP contribution in [0.4, 0.5) is 13.2 Å². The third-order valence-electron chi connectivity index (χ3n) is 3.79. The zero-order valence-electron chi connectivity index (χ0n) is 11.5. The summed E-state index contributed by atoms with van der Waals surface area (Å²) in [4.78, 5) is 4.41. The van der Waals surface area contributed by atoms with Crippen molar-refractivity contribution in [2.75, 3.05) is 6.54 Å². The first kappa shape index (κ1) is 14.1. The molecular weight excluding hydrogens is 279 g/mol. The highest BCUT2D eigenvalue weighted by Gasteiger charge is 2.29. The fourth-order valence-electron chi connectivity index (χ4n) is 2.58. The molecule has 0 unspecified atom stereocenters. The lowest BCUT2D eigenvalue weighted by Gasteiger charge is -2.16. The van der Waals surface area contributed by atoms with Crippen LogP contribution in [0, 0.1) is 0 Å². The number of alkyl halides is 3. The quantitative estimate of drug-likeness (QED) is 0.943. The molecule has 1 aliphatic heterocycles. The van der Waals surface area contributed by atoms with Crippen LogP contribution in [-0.4, -0.2) is 16.1 Å². The predicted molar refractivity (Wildman–Crippen MR) is 72.8 cm³/mol. The maximum Gasteiger partial charge on any atom is 0.416 e.